The van der Waals surface area contributed by atoms with E-state index in [9.17, 15) is 13.6 Å². The van der Waals surface area contributed by atoms with Gasteiger partial charge in [0.1, 0.15) is 22.9 Å². The Hall–Kier alpha value is -2.77. The van der Waals surface area contributed by atoms with Gasteiger partial charge in [0, 0.05) is 12.2 Å². The first-order valence-corrected chi connectivity index (χ1v) is 6.62. The van der Waals surface area contributed by atoms with Crippen molar-refractivity contribution in [1.29, 1.82) is 0 Å². The van der Waals surface area contributed by atoms with Crippen molar-refractivity contribution in [2.45, 2.75) is 13.3 Å². The number of carbonyl (C=O) groups excluding carboxylic acids is 1. The highest BCUT2D eigenvalue weighted by atomic mass is 19.3. The summed E-state index contributed by atoms with van der Waals surface area (Å²) in [4.78, 5) is 16.5. The summed E-state index contributed by atoms with van der Waals surface area (Å²) in [5.41, 5.74) is 0.715. The molecular weight excluding hydrogens is 292 g/mol. The number of halogens is 2. The Morgan fingerprint density at radius 3 is 3.00 bits per heavy atom. The molecule has 1 aliphatic rings. The molecule has 8 heteroatoms. The zero-order valence-corrected chi connectivity index (χ0v) is 11.7. The van der Waals surface area contributed by atoms with E-state index in [1.54, 1.807) is 25.1 Å². The van der Waals surface area contributed by atoms with Crippen molar-refractivity contribution in [3.8, 4) is 0 Å². The SMILES string of the molecule is Cc1cccc(NC(=O)c2cnn3c2NCC=C3C(F)F)n1. The molecule has 3 rings (SSSR count). The van der Waals surface area contributed by atoms with E-state index in [4.69, 9.17) is 0 Å². The summed E-state index contributed by atoms with van der Waals surface area (Å²) in [6.45, 7) is 2.02. The number of nitrogens with zero attached hydrogens (tertiary/aromatic N) is 3. The third-order valence-electron chi connectivity index (χ3n) is 3.19. The quantitative estimate of drug-likeness (QED) is 0.913. The van der Waals surface area contributed by atoms with Crippen molar-refractivity contribution in [1.82, 2.24) is 14.8 Å². The van der Waals surface area contributed by atoms with Gasteiger partial charge in [0.2, 0.25) is 0 Å². The van der Waals surface area contributed by atoms with Crippen LogP contribution in [0, 0.1) is 6.92 Å². The number of fused-ring (bicyclic) bond motifs is 1. The number of amides is 1. The van der Waals surface area contributed by atoms with Gasteiger partial charge in [0.05, 0.1) is 6.20 Å². The van der Waals surface area contributed by atoms with Crippen LogP contribution in [-0.2, 0) is 0 Å². The maximum atomic E-state index is 12.9. The third-order valence-corrected chi connectivity index (χ3v) is 3.19. The van der Waals surface area contributed by atoms with Gasteiger partial charge in [-0.2, -0.15) is 5.10 Å². The van der Waals surface area contributed by atoms with Gasteiger partial charge < -0.3 is 10.6 Å². The summed E-state index contributed by atoms with van der Waals surface area (Å²) in [6.07, 6.45) is -0.0567. The Morgan fingerprint density at radius 2 is 2.27 bits per heavy atom. The molecule has 0 radical (unpaired) electrons. The minimum atomic E-state index is -2.66. The van der Waals surface area contributed by atoms with E-state index in [0.29, 0.717) is 5.82 Å². The number of nitrogens with one attached hydrogen (secondary N) is 2. The van der Waals surface area contributed by atoms with E-state index in [1.165, 1.54) is 12.3 Å². The number of carbonyl (C=O) groups is 1. The third kappa shape index (κ3) is 2.54. The number of aryl methyl sites for hydroxylation is 1. The molecule has 0 spiro atoms. The minimum absolute atomic E-state index is 0.189. The number of alkyl halides is 2. The first kappa shape index (κ1) is 14.2. The van der Waals surface area contributed by atoms with Gasteiger partial charge >= 0.3 is 0 Å². The van der Waals surface area contributed by atoms with Crippen LogP contribution in [0.5, 0.6) is 0 Å². The van der Waals surface area contributed by atoms with E-state index >= 15 is 0 Å². The largest absolute Gasteiger partial charge is 0.366 e. The summed E-state index contributed by atoms with van der Waals surface area (Å²) in [6, 6.07) is 5.22. The molecule has 22 heavy (non-hydrogen) atoms. The standard InChI is InChI=1S/C14H13F2N5O/c1-8-3-2-4-11(19-8)20-14(22)9-7-18-21-10(12(15)16)5-6-17-13(9)21/h2-5,7,12,17H,6H2,1H3,(H,19,20,22). The second-order valence-electron chi connectivity index (χ2n) is 4.75. The van der Waals surface area contributed by atoms with Gasteiger partial charge in [-0.25, -0.2) is 18.4 Å². The van der Waals surface area contributed by atoms with Crippen molar-refractivity contribution in [3.63, 3.8) is 0 Å². The first-order valence-electron chi connectivity index (χ1n) is 6.62. The number of pyridine rings is 1. The summed E-state index contributed by atoms with van der Waals surface area (Å²) in [5, 5.41) is 9.38. The van der Waals surface area contributed by atoms with Crippen LogP contribution < -0.4 is 10.6 Å². The van der Waals surface area contributed by atoms with E-state index in [1.807, 2.05) is 0 Å². The van der Waals surface area contributed by atoms with Gasteiger partial charge in [-0.3, -0.25) is 4.79 Å². The van der Waals surface area contributed by atoms with Crippen LogP contribution in [0.1, 0.15) is 16.1 Å². The van der Waals surface area contributed by atoms with Gasteiger partial charge in [0.25, 0.3) is 12.3 Å². The second kappa shape index (κ2) is 5.55. The molecule has 0 bridgehead atoms. The zero-order valence-electron chi connectivity index (χ0n) is 11.7. The number of anilines is 2. The van der Waals surface area contributed by atoms with E-state index in [-0.39, 0.29) is 23.6 Å². The molecule has 2 aromatic heterocycles. The fourth-order valence-corrected chi connectivity index (χ4v) is 2.20. The van der Waals surface area contributed by atoms with Gasteiger partial charge in [0.15, 0.2) is 0 Å². The smallest absolute Gasteiger partial charge is 0.280 e. The predicted molar refractivity (Wildman–Crippen MR) is 77.9 cm³/mol. The fourth-order valence-electron chi connectivity index (χ4n) is 2.20. The topological polar surface area (TPSA) is 71.8 Å². The van der Waals surface area contributed by atoms with Crippen LogP contribution in [0.4, 0.5) is 20.4 Å². The molecule has 0 atom stereocenters. The lowest BCUT2D eigenvalue weighted by Gasteiger charge is -2.17. The second-order valence-corrected chi connectivity index (χ2v) is 4.75. The number of hydrogen-bond donors (Lipinski definition) is 2. The molecular formula is C14H13F2N5O. The average molecular weight is 305 g/mol. The van der Waals surface area contributed by atoms with E-state index in [2.05, 4.69) is 20.7 Å². The van der Waals surface area contributed by atoms with E-state index < -0.39 is 12.3 Å². The molecule has 1 amide bonds. The highest BCUT2D eigenvalue weighted by Gasteiger charge is 2.25. The van der Waals surface area contributed by atoms with E-state index in [0.717, 1.165) is 10.4 Å². The van der Waals surface area contributed by atoms with Crippen LogP contribution >= 0.6 is 0 Å². The highest BCUT2D eigenvalue weighted by Crippen LogP contribution is 2.26. The summed E-state index contributed by atoms with van der Waals surface area (Å²) in [5.74, 6) is 0.190. The Bertz CT molecular complexity index is 753. The van der Waals surface area contributed by atoms with Crippen molar-refractivity contribution >= 4 is 23.2 Å². The van der Waals surface area contributed by atoms with Gasteiger partial charge in [-0.05, 0) is 25.1 Å². The normalized spacial score (nSPS) is 13.4. The Kier molecular flexibility index (Phi) is 3.58. The molecule has 0 fully saturated rings. The summed E-state index contributed by atoms with van der Waals surface area (Å²) in [7, 11) is 0. The Labute approximate surface area is 124 Å². The minimum Gasteiger partial charge on any atom is -0.366 e. The van der Waals surface area contributed by atoms with Crippen molar-refractivity contribution in [3.05, 3.63) is 41.7 Å². The molecule has 6 nitrogen and oxygen atoms in total. The number of aromatic nitrogens is 3. The average Bonchev–Trinajstić information content (AvgIpc) is 2.90. The maximum Gasteiger partial charge on any atom is 0.280 e. The molecule has 114 valence electrons. The predicted octanol–water partition coefficient (Wildman–Crippen LogP) is 2.37. The Morgan fingerprint density at radius 1 is 1.45 bits per heavy atom. The molecule has 0 aliphatic carbocycles. The molecule has 3 heterocycles. The highest BCUT2D eigenvalue weighted by molar-refractivity contribution is 6.07. The van der Waals surface area contributed by atoms with Gasteiger partial charge in [-0.15, -0.1) is 0 Å². The number of hydrogen-bond acceptors (Lipinski definition) is 4. The molecule has 1 aliphatic heterocycles. The molecule has 2 aromatic rings. The summed E-state index contributed by atoms with van der Waals surface area (Å²) >= 11 is 0. The molecule has 0 saturated carbocycles. The summed E-state index contributed by atoms with van der Waals surface area (Å²) < 4.78 is 26.9. The zero-order chi connectivity index (χ0) is 15.7. The molecule has 2 N–H and O–H groups in total. The van der Waals surface area contributed by atoms with Crippen LogP contribution in [-0.4, -0.2) is 33.6 Å². The lowest BCUT2D eigenvalue weighted by atomic mass is 10.2. The van der Waals surface area contributed by atoms with Crippen LogP contribution in [0.25, 0.3) is 5.70 Å². The Balaban J connectivity index is 1.87. The molecule has 0 unspecified atom stereocenters. The fraction of sp³-hybridized carbons (Fsp3) is 0.214. The lowest BCUT2D eigenvalue weighted by Crippen LogP contribution is -2.21. The van der Waals surface area contributed by atoms with Crippen molar-refractivity contribution < 1.29 is 13.6 Å². The lowest BCUT2D eigenvalue weighted by molar-refractivity contribution is 0.102. The van der Waals surface area contributed by atoms with Crippen LogP contribution in [0.15, 0.2) is 30.5 Å². The number of rotatable bonds is 3. The molecule has 0 saturated heterocycles. The van der Waals surface area contributed by atoms with Gasteiger partial charge in [-0.1, -0.05) is 6.07 Å². The number of allylic oxidation sites excluding steroid dienone is 1. The van der Waals surface area contributed by atoms with Crippen LogP contribution in [0.3, 0.4) is 0 Å². The monoisotopic (exact) mass is 305 g/mol. The maximum absolute atomic E-state index is 12.9. The van der Waals surface area contributed by atoms with Crippen molar-refractivity contribution in [2.24, 2.45) is 0 Å². The van der Waals surface area contributed by atoms with Crippen molar-refractivity contribution in [2.75, 3.05) is 17.2 Å². The van der Waals surface area contributed by atoms with Crippen LogP contribution in [0.2, 0.25) is 0 Å². The first-order chi connectivity index (χ1) is 10.6. The molecule has 0 aromatic carbocycles.